The minimum absolute atomic E-state index is 0.0226. The Morgan fingerprint density at radius 3 is 2.29 bits per heavy atom. The summed E-state index contributed by atoms with van der Waals surface area (Å²) in [6.07, 6.45) is -4.29. The molecule has 0 bridgehead atoms. The van der Waals surface area contributed by atoms with Gasteiger partial charge in [0.05, 0.1) is 6.54 Å². The summed E-state index contributed by atoms with van der Waals surface area (Å²) in [6.45, 7) is 2.32. The Labute approximate surface area is 122 Å². The fourth-order valence-corrected chi connectivity index (χ4v) is 2.20. The molecule has 21 heavy (non-hydrogen) atoms. The van der Waals surface area contributed by atoms with E-state index in [0.29, 0.717) is 5.56 Å². The van der Waals surface area contributed by atoms with Gasteiger partial charge in [-0.15, -0.1) is 0 Å². The Bertz CT molecular complexity index is 460. The van der Waals surface area contributed by atoms with Gasteiger partial charge in [-0.2, -0.15) is 13.2 Å². The number of hydrogen-bond donors (Lipinski definition) is 2. The molecule has 1 atom stereocenters. The molecule has 118 valence electrons. The molecule has 0 aliphatic rings. The Balaban J connectivity index is 3.13. The van der Waals surface area contributed by atoms with Crippen molar-refractivity contribution in [3.63, 3.8) is 0 Å². The molecule has 0 amide bonds. The van der Waals surface area contributed by atoms with Crippen LogP contribution in [0.25, 0.3) is 0 Å². The van der Waals surface area contributed by atoms with Crippen molar-refractivity contribution in [2.24, 2.45) is 10.9 Å². The van der Waals surface area contributed by atoms with Crippen molar-refractivity contribution < 1.29 is 18.4 Å². The monoisotopic (exact) mass is 303 g/mol. The van der Waals surface area contributed by atoms with Gasteiger partial charge >= 0.3 is 6.18 Å². The van der Waals surface area contributed by atoms with Gasteiger partial charge in [-0.25, -0.2) is 0 Å². The number of oxime groups is 1. The summed E-state index contributed by atoms with van der Waals surface area (Å²) in [5.74, 6) is -0.100. The Hall–Kier alpha value is -1.76. The van der Waals surface area contributed by atoms with Crippen LogP contribution in [0.1, 0.15) is 31.9 Å². The summed E-state index contributed by atoms with van der Waals surface area (Å²) in [4.78, 5) is 1.30. The lowest BCUT2D eigenvalue weighted by Crippen LogP contribution is -2.43. The van der Waals surface area contributed by atoms with E-state index in [0.717, 1.165) is 0 Å². The molecule has 1 aromatic rings. The minimum atomic E-state index is -4.32. The molecule has 4 nitrogen and oxygen atoms in total. The van der Waals surface area contributed by atoms with Gasteiger partial charge < -0.3 is 10.9 Å². The summed E-state index contributed by atoms with van der Waals surface area (Å²) < 4.78 is 38.4. The van der Waals surface area contributed by atoms with Crippen LogP contribution in [0.5, 0.6) is 0 Å². The molecular formula is C14H20F3N3O. The first-order chi connectivity index (χ1) is 9.74. The number of nitrogens with zero attached hydrogens (tertiary/aromatic N) is 2. The number of rotatable bonds is 6. The van der Waals surface area contributed by atoms with Gasteiger partial charge in [0.25, 0.3) is 0 Å². The fraction of sp³-hybridized carbons (Fsp3) is 0.500. The first-order valence-electron chi connectivity index (χ1n) is 6.58. The molecule has 0 aliphatic carbocycles. The van der Waals surface area contributed by atoms with Crippen molar-refractivity contribution >= 4 is 5.84 Å². The van der Waals surface area contributed by atoms with Crippen LogP contribution in [0.3, 0.4) is 0 Å². The zero-order chi connectivity index (χ0) is 16.0. The van der Waals surface area contributed by atoms with Crippen LogP contribution >= 0.6 is 0 Å². The fourth-order valence-electron chi connectivity index (χ4n) is 2.20. The van der Waals surface area contributed by atoms with Crippen LogP contribution < -0.4 is 5.73 Å². The largest absolute Gasteiger partial charge is 0.409 e. The van der Waals surface area contributed by atoms with E-state index in [9.17, 15) is 13.2 Å². The van der Waals surface area contributed by atoms with Gasteiger partial charge in [-0.3, -0.25) is 4.90 Å². The Morgan fingerprint density at radius 1 is 1.29 bits per heavy atom. The van der Waals surface area contributed by atoms with Crippen molar-refractivity contribution in [1.29, 1.82) is 0 Å². The maximum Gasteiger partial charge on any atom is 0.401 e. The average molecular weight is 303 g/mol. The number of nitrogens with two attached hydrogens (primary N) is 1. The van der Waals surface area contributed by atoms with Crippen molar-refractivity contribution in [3.8, 4) is 0 Å². The highest BCUT2D eigenvalue weighted by Crippen LogP contribution is 2.30. The zero-order valence-corrected chi connectivity index (χ0v) is 12.0. The zero-order valence-electron chi connectivity index (χ0n) is 12.0. The first kappa shape index (κ1) is 17.3. The molecule has 1 rings (SSSR count). The van der Waals surface area contributed by atoms with E-state index in [1.165, 1.54) is 4.90 Å². The molecule has 1 aromatic carbocycles. The smallest absolute Gasteiger partial charge is 0.401 e. The van der Waals surface area contributed by atoms with E-state index in [4.69, 9.17) is 10.9 Å². The average Bonchev–Trinajstić information content (AvgIpc) is 2.42. The molecule has 0 saturated carbocycles. The highest BCUT2D eigenvalue weighted by molar-refractivity contribution is 5.80. The normalized spacial score (nSPS) is 14.7. The standard InChI is InChI=1S/C14H20F3N3O/c1-10(2)20(9-14(15,16)17)12(8-13(18)19-21)11-6-4-3-5-7-11/h3-7,10,12,21H,8-9H2,1-2H3,(H2,18,19). The Morgan fingerprint density at radius 2 is 1.86 bits per heavy atom. The molecule has 7 heteroatoms. The van der Waals surface area contributed by atoms with Gasteiger partial charge in [-0.05, 0) is 19.4 Å². The second-order valence-corrected chi connectivity index (χ2v) is 5.10. The molecule has 0 aromatic heterocycles. The van der Waals surface area contributed by atoms with Gasteiger partial charge in [0.1, 0.15) is 5.84 Å². The molecule has 1 unspecified atom stereocenters. The van der Waals surface area contributed by atoms with Gasteiger partial charge in [-0.1, -0.05) is 35.5 Å². The van der Waals surface area contributed by atoms with E-state index in [1.807, 2.05) is 0 Å². The van der Waals surface area contributed by atoms with E-state index in [2.05, 4.69) is 5.16 Å². The highest BCUT2D eigenvalue weighted by Gasteiger charge is 2.36. The van der Waals surface area contributed by atoms with Crippen LogP contribution in [-0.4, -0.2) is 34.7 Å². The van der Waals surface area contributed by atoms with Gasteiger partial charge in [0, 0.05) is 18.5 Å². The maximum atomic E-state index is 12.8. The second-order valence-electron chi connectivity index (χ2n) is 5.10. The number of halogens is 3. The van der Waals surface area contributed by atoms with Crippen molar-refractivity contribution in [2.45, 2.75) is 38.5 Å². The molecule has 3 N–H and O–H groups in total. The third kappa shape index (κ3) is 5.63. The van der Waals surface area contributed by atoms with E-state index in [1.54, 1.807) is 44.2 Å². The second kappa shape index (κ2) is 7.31. The lowest BCUT2D eigenvalue weighted by Gasteiger charge is -2.35. The molecule has 0 radical (unpaired) electrons. The maximum absolute atomic E-state index is 12.8. The molecule has 0 spiro atoms. The van der Waals surface area contributed by atoms with Crippen LogP contribution in [-0.2, 0) is 0 Å². The van der Waals surface area contributed by atoms with Crippen molar-refractivity contribution in [1.82, 2.24) is 4.90 Å². The topological polar surface area (TPSA) is 61.8 Å². The van der Waals surface area contributed by atoms with E-state index in [-0.39, 0.29) is 18.3 Å². The molecular weight excluding hydrogens is 283 g/mol. The van der Waals surface area contributed by atoms with Gasteiger partial charge in [0.15, 0.2) is 0 Å². The molecule has 0 saturated heterocycles. The summed E-state index contributed by atoms with van der Waals surface area (Å²) >= 11 is 0. The predicted molar refractivity (Wildman–Crippen MR) is 75.1 cm³/mol. The van der Waals surface area contributed by atoms with E-state index < -0.39 is 18.8 Å². The predicted octanol–water partition coefficient (Wildman–Crippen LogP) is 3.14. The summed E-state index contributed by atoms with van der Waals surface area (Å²) in [5.41, 5.74) is 6.20. The van der Waals surface area contributed by atoms with Crippen molar-refractivity contribution in [3.05, 3.63) is 35.9 Å². The van der Waals surface area contributed by atoms with Crippen LogP contribution in [0, 0.1) is 0 Å². The lowest BCUT2D eigenvalue weighted by atomic mass is 10.00. The number of alkyl halides is 3. The quantitative estimate of drug-likeness (QED) is 0.367. The number of hydrogen-bond acceptors (Lipinski definition) is 3. The lowest BCUT2D eigenvalue weighted by molar-refractivity contribution is -0.155. The molecule has 0 heterocycles. The summed E-state index contributed by atoms with van der Waals surface area (Å²) in [6, 6.07) is 7.81. The Kier molecular flexibility index (Phi) is 6.02. The molecule has 0 aliphatic heterocycles. The van der Waals surface area contributed by atoms with Gasteiger partial charge in [0.2, 0.25) is 0 Å². The number of amidine groups is 1. The molecule has 0 fully saturated rings. The third-order valence-corrected chi connectivity index (χ3v) is 3.14. The van der Waals surface area contributed by atoms with Crippen molar-refractivity contribution in [2.75, 3.05) is 6.54 Å². The highest BCUT2D eigenvalue weighted by atomic mass is 19.4. The first-order valence-corrected chi connectivity index (χ1v) is 6.58. The summed E-state index contributed by atoms with van der Waals surface area (Å²) in [5, 5.41) is 11.6. The van der Waals surface area contributed by atoms with Crippen LogP contribution in [0.4, 0.5) is 13.2 Å². The minimum Gasteiger partial charge on any atom is -0.409 e. The van der Waals surface area contributed by atoms with E-state index >= 15 is 0 Å². The van der Waals surface area contributed by atoms with Crippen LogP contribution in [0.2, 0.25) is 0 Å². The number of benzene rings is 1. The van der Waals surface area contributed by atoms with Crippen LogP contribution in [0.15, 0.2) is 35.5 Å². The SMILES string of the molecule is CC(C)N(CC(F)(F)F)C(CC(N)=NO)c1ccccc1. The summed E-state index contributed by atoms with van der Waals surface area (Å²) in [7, 11) is 0. The third-order valence-electron chi connectivity index (χ3n) is 3.14.